The highest BCUT2D eigenvalue weighted by Crippen LogP contribution is 2.36. The fraction of sp³-hybridized carbons (Fsp3) is 0.429. The molecule has 1 unspecified atom stereocenters. The van der Waals surface area contributed by atoms with Crippen molar-refractivity contribution in [2.45, 2.75) is 11.8 Å². The number of carboxylic acids is 1. The Kier molecular flexibility index (Phi) is 4.77. The smallest absolute Gasteiger partial charge is 0.352 e. The highest BCUT2D eigenvalue weighted by molar-refractivity contribution is 8.00. The molecule has 0 saturated carbocycles. The van der Waals surface area contributed by atoms with Crippen LogP contribution in [0.4, 0.5) is 0 Å². The Morgan fingerprint density at radius 2 is 2.21 bits per heavy atom. The highest BCUT2D eigenvalue weighted by atomic mass is 35.5. The average Bonchev–Trinajstić information content (AvgIpc) is 2.01. The molecule has 1 saturated heterocycles. The van der Waals surface area contributed by atoms with E-state index in [0.29, 0.717) is 12.2 Å². The Balaban J connectivity index is 0.000000845. The number of fused-ring (bicyclic) bond motifs is 1. The molecule has 4 nitrogen and oxygen atoms in total. The van der Waals surface area contributed by atoms with Gasteiger partial charge in [0.15, 0.2) is 0 Å². The van der Waals surface area contributed by atoms with Crippen molar-refractivity contribution < 1.29 is 14.7 Å². The lowest BCUT2D eigenvalue weighted by Crippen LogP contribution is -2.52. The van der Waals surface area contributed by atoms with Crippen LogP contribution in [-0.2, 0) is 9.59 Å². The lowest BCUT2D eigenvalue weighted by Gasteiger charge is -2.42. The molecule has 80 valence electrons. The average molecular weight is 258 g/mol. The maximum Gasteiger partial charge on any atom is 0.352 e. The number of halogens is 2. The largest absolute Gasteiger partial charge is 0.477 e. The Hall–Kier alpha value is -0.390. The van der Waals surface area contributed by atoms with E-state index in [1.807, 2.05) is 0 Å². The molecular weight excluding hydrogens is 249 g/mol. The quantitative estimate of drug-likeness (QED) is 0.715. The van der Waals surface area contributed by atoms with Gasteiger partial charge in [-0.2, -0.15) is 0 Å². The summed E-state index contributed by atoms with van der Waals surface area (Å²) in [7, 11) is 0. The maximum atomic E-state index is 11.0. The second-order valence-corrected chi connectivity index (χ2v) is 3.86. The molecule has 0 radical (unpaired) electrons. The standard InChI is InChI=1S/C7H7NO3S.2ClH/c9-5-3-6-8(5)4(7(10)11)1-2-12-6;;/h1,6H,2-3H2,(H,10,11);2*1H. The maximum absolute atomic E-state index is 11.0. The van der Waals surface area contributed by atoms with E-state index in [0.717, 1.165) is 0 Å². The number of rotatable bonds is 1. The van der Waals surface area contributed by atoms with Crippen LogP contribution in [0.15, 0.2) is 11.8 Å². The van der Waals surface area contributed by atoms with Crippen LogP contribution in [0.2, 0.25) is 0 Å². The minimum Gasteiger partial charge on any atom is -0.477 e. The number of hydrogen-bond acceptors (Lipinski definition) is 3. The van der Waals surface area contributed by atoms with Crippen molar-refractivity contribution in [3.05, 3.63) is 11.8 Å². The zero-order valence-corrected chi connectivity index (χ0v) is 9.45. The molecule has 2 heterocycles. The van der Waals surface area contributed by atoms with Crippen LogP contribution in [-0.4, -0.2) is 33.0 Å². The minimum absolute atomic E-state index is 0. The molecule has 0 aromatic heterocycles. The van der Waals surface area contributed by atoms with E-state index in [4.69, 9.17) is 5.11 Å². The number of thioether (sulfide) groups is 1. The summed E-state index contributed by atoms with van der Waals surface area (Å²) in [4.78, 5) is 23.0. The first kappa shape index (κ1) is 13.6. The Morgan fingerprint density at radius 3 is 2.64 bits per heavy atom. The van der Waals surface area contributed by atoms with E-state index in [1.165, 1.54) is 4.90 Å². The van der Waals surface area contributed by atoms with Gasteiger partial charge in [-0.05, 0) is 6.08 Å². The molecule has 1 fully saturated rings. The van der Waals surface area contributed by atoms with Gasteiger partial charge in [-0.25, -0.2) is 4.79 Å². The fourth-order valence-corrected chi connectivity index (χ4v) is 2.45. The topological polar surface area (TPSA) is 57.6 Å². The summed E-state index contributed by atoms with van der Waals surface area (Å²) in [6.07, 6.45) is 2.07. The zero-order chi connectivity index (χ0) is 8.72. The monoisotopic (exact) mass is 257 g/mol. The minimum atomic E-state index is -1.01. The first-order valence-corrected chi connectivity index (χ1v) is 4.62. The Labute approximate surface area is 97.5 Å². The summed E-state index contributed by atoms with van der Waals surface area (Å²) in [5.41, 5.74) is 0.148. The van der Waals surface area contributed by atoms with Crippen molar-refractivity contribution in [2.75, 3.05) is 5.75 Å². The number of carboxylic acid groups (broad SMARTS) is 1. The van der Waals surface area contributed by atoms with E-state index in [-0.39, 0.29) is 41.8 Å². The van der Waals surface area contributed by atoms with Crippen molar-refractivity contribution in [2.24, 2.45) is 0 Å². The number of β-lactam (4-membered cyclic amide) rings is 1. The Bertz CT molecular complexity index is 295. The predicted molar refractivity (Wildman–Crippen MR) is 57.9 cm³/mol. The van der Waals surface area contributed by atoms with Crippen molar-refractivity contribution in [1.82, 2.24) is 4.90 Å². The molecule has 2 aliphatic heterocycles. The third-order valence-corrected chi connectivity index (χ3v) is 3.07. The van der Waals surface area contributed by atoms with Gasteiger partial charge in [0, 0.05) is 5.75 Å². The fourth-order valence-electron chi connectivity index (χ4n) is 1.34. The van der Waals surface area contributed by atoms with E-state index in [1.54, 1.807) is 17.8 Å². The lowest BCUT2D eigenvalue weighted by molar-refractivity contribution is -0.146. The molecule has 0 aromatic rings. The van der Waals surface area contributed by atoms with Crippen molar-refractivity contribution in [3.63, 3.8) is 0 Å². The second-order valence-electron chi connectivity index (χ2n) is 2.65. The van der Waals surface area contributed by atoms with Crippen LogP contribution < -0.4 is 0 Å². The van der Waals surface area contributed by atoms with Gasteiger partial charge < -0.3 is 5.11 Å². The Morgan fingerprint density at radius 1 is 1.57 bits per heavy atom. The molecule has 1 atom stereocenters. The van der Waals surface area contributed by atoms with Crippen LogP contribution in [0, 0.1) is 0 Å². The van der Waals surface area contributed by atoms with Crippen molar-refractivity contribution >= 4 is 48.5 Å². The number of carbonyl (C=O) groups is 2. The van der Waals surface area contributed by atoms with Crippen LogP contribution in [0.3, 0.4) is 0 Å². The predicted octanol–water partition coefficient (Wildman–Crippen LogP) is 1.10. The van der Waals surface area contributed by atoms with Gasteiger partial charge in [0.1, 0.15) is 5.70 Å². The molecule has 0 spiro atoms. The molecule has 7 heteroatoms. The number of carbonyl (C=O) groups excluding carboxylic acids is 1. The molecule has 1 N–H and O–H groups in total. The lowest BCUT2D eigenvalue weighted by atomic mass is 10.1. The van der Waals surface area contributed by atoms with Crippen molar-refractivity contribution in [1.29, 1.82) is 0 Å². The molecule has 2 rings (SSSR count). The van der Waals surface area contributed by atoms with Gasteiger partial charge in [0.25, 0.3) is 0 Å². The van der Waals surface area contributed by atoms with Crippen LogP contribution >= 0.6 is 36.6 Å². The van der Waals surface area contributed by atoms with Crippen LogP contribution in [0.5, 0.6) is 0 Å². The second kappa shape index (κ2) is 4.91. The third kappa shape index (κ3) is 1.99. The van der Waals surface area contributed by atoms with E-state index < -0.39 is 5.97 Å². The highest BCUT2D eigenvalue weighted by Gasteiger charge is 2.42. The first-order chi connectivity index (χ1) is 5.70. The molecule has 0 aliphatic carbocycles. The first-order valence-electron chi connectivity index (χ1n) is 3.57. The zero-order valence-electron chi connectivity index (χ0n) is 7.00. The number of amides is 1. The van der Waals surface area contributed by atoms with E-state index >= 15 is 0 Å². The number of aliphatic carboxylic acids is 1. The van der Waals surface area contributed by atoms with Gasteiger partial charge >= 0.3 is 5.97 Å². The molecule has 0 aromatic carbocycles. The van der Waals surface area contributed by atoms with E-state index in [9.17, 15) is 9.59 Å². The summed E-state index contributed by atoms with van der Waals surface area (Å²) in [6.45, 7) is 0. The third-order valence-electron chi connectivity index (χ3n) is 1.95. The summed E-state index contributed by atoms with van der Waals surface area (Å²) < 4.78 is 0. The summed E-state index contributed by atoms with van der Waals surface area (Å²) in [6, 6.07) is 0. The number of hydrogen-bond donors (Lipinski definition) is 1. The molecular formula is C7H9Cl2NO3S. The number of nitrogens with zero attached hydrogens (tertiary/aromatic N) is 1. The normalized spacial score (nSPS) is 23.4. The van der Waals surface area contributed by atoms with Crippen LogP contribution in [0.25, 0.3) is 0 Å². The SMILES string of the molecule is Cl.Cl.O=C(O)C1=CCSC2CC(=O)N12. The molecule has 14 heavy (non-hydrogen) atoms. The molecule has 0 bridgehead atoms. The van der Waals surface area contributed by atoms with Gasteiger partial charge in [0.2, 0.25) is 5.91 Å². The van der Waals surface area contributed by atoms with E-state index in [2.05, 4.69) is 0 Å². The summed E-state index contributed by atoms with van der Waals surface area (Å²) >= 11 is 1.60. The van der Waals surface area contributed by atoms with Gasteiger partial charge in [0.05, 0.1) is 11.8 Å². The van der Waals surface area contributed by atoms with Gasteiger partial charge in [-0.15, -0.1) is 36.6 Å². The van der Waals surface area contributed by atoms with Gasteiger partial charge in [-0.3, -0.25) is 9.69 Å². The van der Waals surface area contributed by atoms with Crippen LogP contribution in [0.1, 0.15) is 6.42 Å². The molecule has 2 aliphatic rings. The van der Waals surface area contributed by atoms with Crippen molar-refractivity contribution in [3.8, 4) is 0 Å². The summed E-state index contributed by atoms with van der Waals surface area (Å²) in [5, 5.41) is 8.78. The molecule has 1 amide bonds. The van der Waals surface area contributed by atoms with Gasteiger partial charge in [-0.1, -0.05) is 0 Å². The summed E-state index contributed by atoms with van der Waals surface area (Å²) in [5.74, 6) is -0.398.